The van der Waals surface area contributed by atoms with Gasteiger partial charge in [0.15, 0.2) is 0 Å². The number of hydrogen-bond donors (Lipinski definition) is 5. The molecule has 0 aliphatic heterocycles. The van der Waals surface area contributed by atoms with Crippen molar-refractivity contribution in [1.29, 1.82) is 0 Å². The molecule has 0 bridgehead atoms. The predicted molar refractivity (Wildman–Crippen MR) is 120 cm³/mol. The minimum atomic E-state index is -1.01. The third kappa shape index (κ3) is 10.1. The Kier molecular flexibility index (Phi) is 12.9. The van der Waals surface area contributed by atoms with Crippen molar-refractivity contribution >= 4 is 11.7 Å². The van der Waals surface area contributed by atoms with Crippen LogP contribution in [0.1, 0.15) is 71.6 Å². The van der Waals surface area contributed by atoms with Crippen LogP contribution in [-0.2, 0) is 9.59 Å². The molecule has 31 heavy (non-hydrogen) atoms. The summed E-state index contributed by atoms with van der Waals surface area (Å²) in [7, 11) is 0. The first-order chi connectivity index (χ1) is 14.8. The first-order valence-corrected chi connectivity index (χ1v) is 11.5. The van der Waals surface area contributed by atoms with Crippen molar-refractivity contribution < 1.29 is 30.0 Å². The average molecular weight is 440 g/mol. The van der Waals surface area contributed by atoms with Crippen LogP contribution in [0.4, 0.5) is 0 Å². The number of amides is 1. The van der Waals surface area contributed by atoms with Crippen molar-refractivity contribution in [2.75, 3.05) is 13.2 Å². The van der Waals surface area contributed by atoms with E-state index in [1.165, 1.54) is 0 Å². The molecule has 5 N–H and O–H groups in total. The smallest absolute Gasteiger partial charge is 0.220 e. The second-order valence-corrected chi connectivity index (χ2v) is 8.90. The molecule has 1 aliphatic carbocycles. The van der Waals surface area contributed by atoms with Crippen LogP contribution in [0, 0.1) is 11.8 Å². The molecular weight excluding hydrogens is 398 g/mol. The van der Waals surface area contributed by atoms with Gasteiger partial charge in [-0.2, -0.15) is 0 Å². The highest BCUT2D eigenvalue weighted by Crippen LogP contribution is 2.33. The SMILES string of the molecule is CCCCC[C@@H](O)/C=C/[C@H]1C(=O)C[C@H](O)[C@@H]1C/C=C\CCCC(=O)NC(C)(CO)CO. The Balaban J connectivity index is 2.43. The van der Waals surface area contributed by atoms with Gasteiger partial charge in [-0.3, -0.25) is 9.59 Å². The number of carbonyl (C=O) groups is 2. The minimum absolute atomic E-state index is 0.00962. The maximum atomic E-state index is 12.2. The predicted octanol–water partition coefficient (Wildman–Crippen LogP) is 2.03. The van der Waals surface area contributed by atoms with E-state index >= 15 is 0 Å². The standard InChI is InChI=1S/C24H41NO6/c1-3-4-7-10-18(28)13-14-20-19(21(29)15-22(20)30)11-8-5-6-9-12-23(31)25-24(2,16-26)17-27/h5,8,13-14,18-21,26-29H,3-4,6-7,9-12,15-17H2,1-2H3,(H,25,31)/b8-5-,14-13+/t18-,19-,20-,21+/m1/s1. The summed E-state index contributed by atoms with van der Waals surface area (Å²) in [6, 6.07) is 0. The Morgan fingerprint density at radius 2 is 1.94 bits per heavy atom. The Morgan fingerprint density at radius 1 is 1.23 bits per heavy atom. The molecule has 0 heterocycles. The lowest BCUT2D eigenvalue weighted by atomic mass is 9.90. The highest BCUT2D eigenvalue weighted by molar-refractivity contribution is 5.86. The van der Waals surface area contributed by atoms with E-state index in [2.05, 4.69) is 12.2 Å². The molecule has 0 unspecified atom stereocenters. The van der Waals surface area contributed by atoms with Crippen LogP contribution < -0.4 is 5.32 Å². The molecule has 7 heteroatoms. The van der Waals surface area contributed by atoms with Crippen molar-refractivity contribution in [3.63, 3.8) is 0 Å². The molecule has 1 fully saturated rings. The Hall–Kier alpha value is -1.54. The molecule has 178 valence electrons. The average Bonchev–Trinajstić information content (AvgIpc) is 3.01. The van der Waals surface area contributed by atoms with Gasteiger partial charge in [0, 0.05) is 24.7 Å². The van der Waals surface area contributed by atoms with Gasteiger partial charge in [-0.1, -0.05) is 50.5 Å². The van der Waals surface area contributed by atoms with E-state index in [0.717, 1.165) is 19.3 Å². The van der Waals surface area contributed by atoms with E-state index in [0.29, 0.717) is 25.7 Å². The van der Waals surface area contributed by atoms with Crippen LogP contribution >= 0.6 is 0 Å². The van der Waals surface area contributed by atoms with Crippen LogP contribution in [0.25, 0.3) is 0 Å². The van der Waals surface area contributed by atoms with Gasteiger partial charge in [-0.05, 0) is 32.6 Å². The van der Waals surface area contributed by atoms with E-state index in [9.17, 15) is 30.0 Å². The molecule has 4 atom stereocenters. The number of nitrogens with one attached hydrogen (secondary N) is 1. The van der Waals surface area contributed by atoms with Crippen molar-refractivity contribution in [1.82, 2.24) is 5.32 Å². The summed E-state index contributed by atoms with van der Waals surface area (Å²) in [5.74, 6) is -0.782. The highest BCUT2D eigenvalue weighted by atomic mass is 16.3. The number of unbranched alkanes of at least 4 members (excludes halogenated alkanes) is 3. The van der Waals surface area contributed by atoms with Gasteiger partial charge < -0.3 is 25.7 Å². The first kappa shape index (κ1) is 27.5. The fraction of sp³-hybridized carbons (Fsp3) is 0.750. The van der Waals surface area contributed by atoms with Gasteiger partial charge in [0.1, 0.15) is 5.78 Å². The third-order valence-corrected chi connectivity index (χ3v) is 5.87. The minimum Gasteiger partial charge on any atom is -0.394 e. The Bertz CT molecular complexity index is 599. The van der Waals surface area contributed by atoms with Crippen LogP contribution in [0.2, 0.25) is 0 Å². The number of hydrogen-bond acceptors (Lipinski definition) is 6. The first-order valence-electron chi connectivity index (χ1n) is 11.5. The van der Waals surface area contributed by atoms with Crippen molar-refractivity contribution in [2.24, 2.45) is 11.8 Å². The highest BCUT2D eigenvalue weighted by Gasteiger charge is 2.39. The van der Waals surface area contributed by atoms with Crippen molar-refractivity contribution in [3.8, 4) is 0 Å². The van der Waals surface area contributed by atoms with Gasteiger partial charge in [0.2, 0.25) is 5.91 Å². The zero-order valence-corrected chi connectivity index (χ0v) is 19.0. The topological polar surface area (TPSA) is 127 Å². The second-order valence-electron chi connectivity index (χ2n) is 8.90. The summed E-state index contributed by atoms with van der Waals surface area (Å²) in [4.78, 5) is 24.1. The maximum absolute atomic E-state index is 12.2. The molecule has 7 nitrogen and oxygen atoms in total. The maximum Gasteiger partial charge on any atom is 0.220 e. The van der Waals surface area contributed by atoms with Gasteiger partial charge in [-0.15, -0.1) is 0 Å². The number of allylic oxidation sites excluding steroid dienone is 3. The van der Waals surface area contributed by atoms with Crippen LogP contribution in [0.5, 0.6) is 0 Å². The van der Waals surface area contributed by atoms with Gasteiger partial charge in [0.05, 0.1) is 31.0 Å². The van der Waals surface area contributed by atoms with Gasteiger partial charge in [0.25, 0.3) is 0 Å². The van der Waals surface area contributed by atoms with E-state index in [-0.39, 0.29) is 49.6 Å². The zero-order chi connectivity index (χ0) is 23.3. The van der Waals surface area contributed by atoms with E-state index in [4.69, 9.17) is 0 Å². The summed E-state index contributed by atoms with van der Waals surface area (Å²) in [6.45, 7) is 3.03. The van der Waals surface area contributed by atoms with Gasteiger partial charge >= 0.3 is 0 Å². The summed E-state index contributed by atoms with van der Waals surface area (Å²) in [6.07, 6.45) is 12.2. The molecule has 0 radical (unpaired) electrons. The lowest BCUT2D eigenvalue weighted by Gasteiger charge is -2.26. The third-order valence-electron chi connectivity index (χ3n) is 5.87. The fourth-order valence-corrected chi connectivity index (χ4v) is 3.75. The zero-order valence-electron chi connectivity index (χ0n) is 19.0. The summed E-state index contributed by atoms with van der Waals surface area (Å²) < 4.78 is 0. The van der Waals surface area contributed by atoms with Crippen LogP contribution in [-0.4, -0.2) is 63.1 Å². The number of Topliss-reactive ketones (excluding diaryl/α,β-unsaturated/α-hetero) is 1. The molecular formula is C24H41NO6. The quantitative estimate of drug-likeness (QED) is 0.196. The van der Waals surface area contributed by atoms with Crippen molar-refractivity contribution in [3.05, 3.63) is 24.3 Å². The lowest BCUT2D eigenvalue weighted by molar-refractivity contribution is -0.124. The monoisotopic (exact) mass is 439 g/mol. The normalized spacial score (nSPS) is 23.2. The molecule has 0 saturated heterocycles. The molecule has 0 spiro atoms. The number of aliphatic hydroxyl groups is 4. The molecule has 0 aromatic carbocycles. The van der Waals surface area contributed by atoms with Crippen LogP contribution in [0.3, 0.4) is 0 Å². The van der Waals surface area contributed by atoms with E-state index in [1.807, 2.05) is 12.2 Å². The summed E-state index contributed by atoms with van der Waals surface area (Å²) in [5, 5.41) is 41.4. The molecule has 0 aromatic heterocycles. The molecule has 1 saturated carbocycles. The largest absolute Gasteiger partial charge is 0.394 e. The van der Waals surface area contributed by atoms with Gasteiger partial charge in [-0.25, -0.2) is 0 Å². The molecule has 1 aliphatic rings. The number of carbonyl (C=O) groups excluding carboxylic acids is 2. The Morgan fingerprint density at radius 3 is 2.58 bits per heavy atom. The molecule has 0 aromatic rings. The fourth-order valence-electron chi connectivity index (χ4n) is 3.75. The summed E-state index contributed by atoms with van der Waals surface area (Å²) in [5.41, 5.74) is -1.01. The van der Waals surface area contributed by atoms with E-state index < -0.39 is 17.7 Å². The Labute approximate surface area is 186 Å². The summed E-state index contributed by atoms with van der Waals surface area (Å²) >= 11 is 0. The molecule has 1 amide bonds. The van der Waals surface area contributed by atoms with Crippen LogP contribution in [0.15, 0.2) is 24.3 Å². The number of ketones is 1. The number of aliphatic hydroxyl groups excluding tert-OH is 4. The van der Waals surface area contributed by atoms with Crippen molar-refractivity contribution in [2.45, 2.75) is 89.4 Å². The second kappa shape index (κ2) is 14.5. The van der Waals surface area contributed by atoms with E-state index in [1.54, 1.807) is 19.1 Å². The number of rotatable bonds is 15. The lowest BCUT2D eigenvalue weighted by Crippen LogP contribution is -2.51. The molecule has 1 rings (SSSR count).